The van der Waals surface area contributed by atoms with Gasteiger partial charge >= 0.3 is 0 Å². The van der Waals surface area contributed by atoms with Crippen LogP contribution in [0.4, 0.5) is 5.82 Å². The van der Waals surface area contributed by atoms with Gasteiger partial charge in [0.05, 0.1) is 0 Å². The Hall–Kier alpha value is -0.620. The van der Waals surface area contributed by atoms with E-state index in [0.717, 1.165) is 12.4 Å². The predicted molar refractivity (Wildman–Crippen MR) is 46.2 cm³/mol. The van der Waals surface area contributed by atoms with Crippen molar-refractivity contribution in [2.75, 3.05) is 18.4 Å². The highest BCUT2D eigenvalue weighted by atomic mass is 79.9. The van der Waals surface area contributed by atoms with Gasteiger partial charge in [0.15, 0.2) is 10.4 Å². The van der Waals surface area contributed by atoms with Crippen molar-refractivity contribution in [3.05, 3.63) is 4.60 Å². The Morgan fingerprint density at radius 2 is 2.45 bits per heavy atom. The van der Waals surface area contributed by atoms with Crippen LogP contribution in [0.2, 0.25) is 0 Å². The minimum atomic E-state index is 0.595. The van der Waals surface area contributed by atoms with Crippen LogP contribution in [0.1, 0.15) is 0 Å². The number of anilines is 1. The Morgan fingerprint density at radius 3 is 2.91 bits per heavy atom. The van der Waals surface area contributed by atoms with Crippen LogP contribution in [0.3, 0.4) is 0 Å². The Balaban J connectivity index is 2.67. The average molecular weight is 220 g/mol. The van der Waals surface area contributed by atoms with E-state index in [-0.39, 0.29) is 0 Å². The van der Waals surface area contributed by atoms with E-state index in [4.69, 9.17) is 5.73 Å². The first-order valence-corrected chi connectivity index (χ1v) is 4.04. The first kappa shape index (κ1) is 8.48. The Morgan fingerprint density at radius 1 is 1.73 bits per heavy atom. The molecule has 6 heteroatoms. The third-order valence-corrected chi connectivity index (χ3v) is 1.76. The first-order valence-electron chi connectivity index (χ1n) is 3.25. The summed E-state index contributed by atoms with van der Waals surface area (Å²) in [6.45, 7) is 1.32. The maximum atomic E-state index is 5.32. The van der Waals surface area contributed by atoms with Crippen LogP contribution in [0.25, 0.3) is 0 Å². The molecular formula is C5H10BrN5. The van der Waals surface area contributed by atoms with Crippen molar-refractivity contribution in [3.8, 4) is 0 Å². The number of aryl methyl sites for hydroxylation is 1. The van der Waals surface area contributed by atoms with Crippen LogP contribution < -0.4 is 11.1 Å². The summed E-state index contributed by atoms with van der Waals surface area (Å²) in [5.74, 6) is 0.857. The molecule has 1 aromatic rings. The maximum absolute atomic E-state index is 5.32. The molecule has 0 aromatic carbocycles. The minimum Gasteiger partial charge on any atom is -0.367 e. The second-order valence-corrected chi connectivity index (χ2v) is 2.82. The molecular weight excluding hydrogens is 210 g/mol. The molecule has 0 saturated heterocycles. The molecule has 0 bridgehead atoms. The van der Waals surface area contributed by atoms with Crippen molar-refractivity contribution >= 4 is 21.7 Å². The molecule has 0 aliphatic heterocycles. The molecule has 3 N–H and O–H groups in total. The van der Waals surface area contributed by atoms with E-state index < -0.39 is 0 Å². The van der Waals surface area contributed by atoms with Crippen molar-refractivity contribution in [3.63, 3.8) is 0 Å². The molecule has 0 aliphatic carbocycles. The predicted octanol–water partition coefficient (Wildman–Crippen LogP) is -0.0518. The fraction of sp³-hybridized carbons (Fsp3) is 0.600. The summed E-state index contributed by atoms with van der Waals surface area (Å²) in [5.41, 5.74) is 5.32. The molecule has 62 valence electrons. The Labute approximate surface area is 73.1 Å². The van der Waals surface area contributed by atoms with Crippen LogP contribution >= 0.6 is 15.9 Å². The van der Waals surface area contributed by atoms with Gasteiger partial charge in [-0.3, -0.25) is 0 Å². The molecule has 1 aromatic heterocycles. The lowest BCUT2D eigenvalue weighted by molar-refractivity contribution is 0.716. The van der Waals surface area contributed by atoms with Gasteiger partial charge in [-0.25, -0.2) is 4.68 Å². The largest absolute Gasteiger partial charge is 0.367 e. The van der Waals surface area contributed by atoms with Gasteiger partial charge in [0.25, 0.3) is 0 Å². The summed E-state index contributed by atoms with van der Waals surface area (Å²) in [7, 11) is 1.82. The number of halogens is 1. The van der Waals surface area contributed by atoms with Gasteiger partial charge in [-0.15, -0.1) is 5.10 Å². The van der Waals surface area contributed by atoms with Crippen molar-refractivity contribution < 1.29 is 0 Å². The van der Waals surface area contributed by atoms with Gasteiger partial charge in [0, 0.05) is 20.1 Å². The third-order valence-electron chi connectivity index (χ3n) is 1.22. The summed E-state index contributed by atoms with van der Waals surface area (Å²) in [6, 6.07) is 0. The third kappa shape index (κ3) is 1.90. The summed E-state index contributed by atoms with van der Waals surface area (Å²) in [6.07, 6.45) is 0. The van der Waals surface area contributed by atoms with Gasteiger partial charge < -0.3 is 11.1 Å². The number of hydrogen-bond donors (Lipinski definition) is 2. The van der Waals surface area contributed by atoms with Gasteiger partial charge in [0.2, 0.25) is 0 Å². The normalized spacial score (nSPS) is 10.1. The van der Waals surface area contributed by atoms with Gasteiger partial charge in [-0.2, -0.15) is 0 Å². The van der Waals surface area contributed by atoms with E-state index in [1.165, 1.54) is 0 Å². The molecule has 0 atom stereocenters. The zero-order chi connectivity index (χ0) is 8.27. The number of hydrogen-bond acceptors (Lipinski definition) is 4. The van der Waals surface area contributed by atoms with Crippen molar-refractivity contribution in [2.24, 2.45) is 12.8 Å². The van der Waals surface area contributed by atoms with Crippen LogP contribution in [0.15, 0.2) is 4.60 Å². The van der Waals surface area contributed by atoms with Crippen LogP contribution in [-0.2, 0) is 7.05 Å². The number of rotatable bonds is 3. The molecule has 0 saturated carbocycles. The number of nitrogens with two attached hydrogens (primary N) is 1. The van der Waals surface area contributed by atoms with Crippen LogP contribution in [0, 0.1) is 0 Å². The van der Waals surface area contributed by atoms with E-state index in [1.807, 2.05) is 7.05 Å². The first-order chi connectivity index (χ1) is 5.25. The van der Waals surface area contributed by atoms with Gasteiger partial charge in [-0.1, -0.05) is 5.21 Å². The Bertz CT molecular complexity index is 213. The molecule has 0 spiro atoms. The quantitative estimate of drug-likeness (QED) is 0.749. The topological polar surface area (TPSA) is 68.8 Å². The van der Waals surface area contributed by atoms with E-state index in [2.05, 4.69) is 31.6 Å². The minimum absolute atomic E-state index is 0.595. The SMILES string of the molecule is Cn1nnc(Br)c1NCCN. The lowest BCUT2D eigenvalue weighted by atomic mass is 10.6. The molecule has 1 heterocycles. The summed E-state index contributed by atoms with van der Waals surface area (Å²) < 4.78 is 2.37. The van der Waals surface area contributed by atoms with Crippen molar-refractivity contribution in [2.45, 2.75) is 0 Å². The van der Waals surface area contributed by atoms with E-state index >= 15 is 0 Å². The highest BCUT2D eigenvalue weighted by Crippen LogP contribution is 2.16. The zero-order valence-corrected chi connectivity index (χ0v) is 7.80. The summed E-state index contributed by atoms with van der Waals surface area (Å²) in [5, 5.41) is 10.7. The van der Waals surface area contributed by atoms with Crippen molar-refractivity contribution in [1.82, 2.24) is 15.0 Å². The van der Waals surface area contributed by atoms with Crippen LogP contribution in [-0.4, -0.2) is 28.1 Å². The highest BCUT2D eigenvalue weighted by molar-refractivity contribution is 9.10. The lowest BCUT2D eigenvalue weighted by Gasteiger charge is -2.02. The van der Waals surface area contributed by atoms with Gasteiger partial charge in [-0.05, 0) is 15.9 Å². The Kier molecular flexibility index (Phi) is 2.84. The van der Waals surface area contributed by atoms with E-state index in [0.29, 0.717) is 11.1 Å². The number of nitrogens with one attached hydrogen (secondary N) is 1. The average Bonchev–Trinajstić information content (AvgIpc) is 2.29. The molecule has 0 fully saturated rings. The van der Waals surface area contributed by atoms with E-state index in [1.54, 1.807) is 4.68 Å². The van der Waals surface area contributed by atoms with Crippen LogP contribution in [0.5, 0.6) is 0 Å². The number of aromatic nitrogens is 3. The smallest absolute Gasteiger partial charge is 0.172 e. The molecule has 5 nitrogen and oxygen atoms in total. The second kappa shape index (κ2) is 3.68. The molecule has 0 radical (unpaired) electrons. The summed E-state index contributed by atoms with van der Waals surface area (Å²) in [4.78, 5) is 0. The number of nitrogens with zero attached hydrogens (tertiary/aromatic N) is 3. The zero-order valence-electron chi connectivity index (χ0n) is 6.21. The molecule has 0 unspecified atom stereocenters. The fourth-order valence-electron chi connectivity index (χ4n) is 0.710. The molecule has 11 heavy (non-hydrogen) atoms. The van der Waals surface area contributed by atoms with Crippen molar-refractivity contribution in [1.29, 1.82) is 0 Å². The monoisotopic (exact) mass is 219 g/mol. The van der Waals surface area contributed by atoms with Gasteiger partial charge in [0.1, 0.15) is 0 Å². The highest BCUT2D eigenvalue weighted by Gasteiger charge is 2.04. The standard InChI is InChI=1S/C5H10BrN5/c1-11-5(8-3-2-7)4(6)9-10-11/h8H,2-3,7H2,1H3. The molecule has 0 amide bonds. The fourth-order valence-corrected chi connectivity index (χ4v) is 1.18. The summed E-state index contributed by atoms with van der Waals surface area (Å²) >= 11 is 3.25. The lowest BCUT2D eigenvalue weighted by Crippen LogP contribution is -2.15. The molecule has 0 aliphatic rings. The second-order valence-electron chi connectivity index (χ2n) is 2.07. The van der Waals surface area contributed by atoms with E-state index in [9.17, 15) is 0 Å². The molecule has 1 rings (SSSR count). The maximum Gasteiger partial charge on any atom is 0.172 e.